The maximum atomic E-state index is 13.0. The van der Waals surface area contributed by atoms with E-state index in [1.807, 2.05) is 19.1 Å². The van der Waals surface area contributed by atoms with Gasteiger partial charge in [0.15, 0.2) is 5.75 Å². The summed E-state index contributed by atoms with van der Waals surface area (Å²) in [7, 11) is 0. The summed E-state index contributed by atoms with van der Waals surface area (Å²) in [6.45, 7) is 2.01. The van der Waals surface area contributed by atoms with Crippen LogP contribution in [0.1, 0.15) is 12.5 Å². The summed E-state index contributed by atoms with van der Waals surface area (Å²) in [5, 5.41) is 9.28. The Balaban J connectivity index is 2.38. The van der Waals surface area contributed by atoms with Crippen molar-refractivity contribution in [1.82, 2.24) is 0 Å². The minimum Gasteiger partial charge on any atom is -0.454 e. The molecule has 2 aromatic rings. The number of hydrogen-bond donors (Lipinski definition) is 1. The van der Waals surface area contributed by atoms with Crippen molar-refractivity contribution in [1.29, 1.82) is 5.26 Å². The van der Waals surface area contributed by atoms with Gasteiger partial charge in [0.25, 0.3) is 0 Å². The van der Waals surface area contributed by atoms with Crippen molar-refractivity contribution in [3.8, 4) is 17.6 Å². The molecule has 0 aromatic heterocycles. The van der Waals surface area contributed by atoms with Gasteiger partial charge >= 0.3 is 0 Å². The van der Waals surface area contributed by atoms with E-state index in [2.05, 4.69) is 6.07 Å². The molecule has 0 heterocycles. The molecule has 0 amide bonds. The van der Waals surface area contributed by atoms with Crippen LogP contribution in [0, 0.1) is 17.1 Å². The van der Waals surface area contributed by atoms with Crippen LogP contribution in [0.5, 0.6) is 11.5 Å². The largest absolute Gasteiger partial charge is 0.454 e. The van der Waals surface area contributed by atoms with Crippen LogP contribution in [0.2, 0.25) is 0 Å². The number of anilines is 1. The van der Waals surface area contributed by atoms with Gasteiger partial charge in [-0.05, 0) is 30.0 Å². The molecular weight excluding hydrogens is 275 g/mol. The third-order valence-electron chi connectivity index (χ3n) is 2.59. The number of benzene rings is 2. The molecule has 0 fully saturated rings. The van der Waals surface area contributed by atoms with E-state index < -0.39 is 5.82 Å². The number of ether oxygens (including phenoxy) is 1. The normalized spacial score (nSPS) is 10.1. The lowest BCUT2D eigenvalue weighted by molar-refractivity contribution is 0.480. The lowest BCUT2D eigenvalue weighted by atomic mass is 10.2. The monoisotopic (exact) mass is 288 g/mol. The molecule has 102 valence electrons. The van der Waals surface area contributed by atoms with Crippen LogP contribution in [0.3, 0.4) is 0 Å². The number of nitriles is 1. The summed E-state index contributed by atoms with van der Waals surface area (Å²) in [4.78, 5) is 0.855. The Bertz CT molecular complexity index is 667. The number of nitrogen functional groups attached to an aromatic ring is 1. The Morgan fingerprint density at radius 1 is 1.30 bits per heavy atom. The molecule has 0 bridgehead atoms. The maximum absolute atomic E-state index is 13.0. The molecule has 0 aliphatic carbocycles. The van der Waals surface area contributed by atoms with Crippen molar-refractivity contribution < 1.29 is 9.13 Å². The first-order valence-corrected chi connectivity index (χ1v) is 7.03. The van der Waals surface area contributed by atoms with Crippen molar-refractivity contribution in [2.75, 3.05) is 11.5 Å². The van der Waals surface area contributed by atoms with Crippen LogP contribution >= 0.6 is 11.8 Å². The van der Waals surface area contributed by atoms with Gasteiger partial charge < -0.3 is 10.5 Å². The first-order valence-electron chi connectivity index (χ1n) is 6.04. The van der Waals surface area contributed by atoms with Crippen molar-refractivity contribution in [3.05, 3.63) is 47.8 Å². The third-order valence-corrected chi connectivity index (χ3v) is 3.53. The van der Waals surface area contributed by atoms with Gasteiger partial charge in [-0.25, -0.2) is 4.39 Å². The molecule has 5 heteroatoms. The van der Waals surface area contributed by atoms with Crippen molar-refractivity contribution in [2.24, 2.45) is 0 Å². The minimum atomic E-state index is -0.425. The van der Waals surface area contributed by atoms with Crippen LogP contribution in [0.4, 0.5) is 10.1 Å². The van der Waals surface area contributed by atoms with Crippen LogP contribution in [-0.2, 0) is 0 Å². The summed E-state index contributed by atoms with van der Waals surface area (Å²) in [5.74, 6) is 1.19. The molecule has 0 aliphatic rings. The van der Waals surface area contributed by atoms with E-state index >= 15 is 0 Å². The molecule has 2 N–H and O–H groups in total. The fraction of sp³-hybridized carbons (Fsp3) is 0.133. The minimum absolute atomic E-state index is 0.197. The van der Waals surface area contributed by atoms with Crippen LogP contribution < -0.4 is 10.5 Å². The molecule has 0 saturated carbocycles. The predicted molar refractivity (Wildman–Crippen MR) is 78.4 cm³/mol. The van der Waals surface area contributed by atoms with Gasteiger partial charge in [0.1, 0.15) is 23.2 Å². The molecule has 0 spiro atoms. The molecule has 0 unspecified atom stereocenters. The van der Waals surface area contributed by atoms with Gasteiger partial charge in [0.05, 0.1) is 5.69 Å². The van der Waals surface area contributed by atoms with Crippen LogP contribution in [0.15, 0.2) is 41.3 Å². The van der Waals surface area contributed by atoms with Gasteiger partial charge in [-0.1, -0.05) is 13.0 Å². The predicted octanol–water partition coefficient (Wildman–Crippen LogP) is 4.18. The summed E-state index contributed by atoms with van der Waals surface area (Å²) in [6, 6.07) is 11.4. The fourth-order valence-corrected chi connectivity index (χ4v) is 2.49. The number of rotatable bonds is 4. The van der Waals surface area contributed by atoms with Crippen molar-refractivity contribution in [3.63, 3.8) is 0 Å². The average Bonchev–Trinajstić information content (AvgIpc) is 2.42. The zero-order chi connectivity index (χ0) is 14.5. The number of hydrogen-bond acceptors (Lipinski definition) is 4. The van der Waals surface area contributed by atoms with E-state index in [1.165, 1.54) is 18.2 Å². The average molecular weight is 288 g/mol. The lowest BCUT2D eigenvalue weighted by Gasteiger charge is -2.11. The highest BCUT2D eigenvalue weighted by atomic mass is 32.2. The van der Waals surface area contributed by atoms with Gasteiger partial charge in [-0.3, -0.25) is 0 Å². The number of nitrogens with two attached hydrogens (primary N) is 1. The third kappa shape index (κ3) is 3.03. The van der Waals surface area contributed by atoms with E-state index in [-0.39, 0.29) is 5.69 Å². The van der Waals surface area contributed by atoms with Crippen molar-refractivity contribution >= 4 is 17.4 Å². The Morgan fingerprint density at radius 3 is 2.75 bits per heavy atom. The summed E-state index contributed by atoms with van der Waals surface area (Å²) < 4.78 is 18.7. The summed E-state index contributed by atoms with van der Waals surface area (Å²) in [5.41, 5.74) is 6.36. The van der Waals surface area contributed by atoms with E-state index in [0.29, 0.717) is 17.1 Å². The zero-order valence-electron chi connectivity index (χ0n) is 10.9. The molecule has 0 aliphatic heterocycles. The number of nitrogens with zero attached hydrogens (tertiary/aromatic N) is 1. The second kappa shape index (κ2) is 6.31. The van der Waals surface area contributed by atoms with E-state index in [1.54, 1.807) is 17.8 Å². The second-order valence-corrected chi connectivity index (χ2v) is 5.26. The molecule has 0 atom stereocenters. The smallest absolute Gasteiger partial charge is 0.150 e. The van der Waals surface area contributed by atoms with Gasteiger partial charge in [0.2, 0.25) is 0 Å². The maximum Gasteiger partial charge on any atom is 0.150 e. The highest BCUT2D eigenvalue weighted by molar-refractivity contribution is 7.99. The summed E-state index contributed by atoms with van der Waals surface area (Å²) >= 11 is 1.56. The number of halogens is 1. The molecular formula is C15H13FN2OS. The topological polar surface area (TPSA) is 59.0 Å². The Labute approximate surface area is 121 Å². The lowest BCUT2D eigenvalue weighted by Crippen LogP contribution is -1.95. The quantitative estimate of drug-likeness (QED) is 0.677. The standard InChI is InChI=1S/C15H13FN2OS/c1-2-20-15-5-3-4-13(11(15)9-17)19-14-7-6-10(16)8-12(14)18/h3-8H,2,18H2,1H3. The fourth-order valence-electron chi connectivity index (χ4n) is 1.71. The first-order chi connectivity index (χ1) is 9.65. The highest BCUT2D eigenvalue weighted by Crippen LogP contribution is 2.34. The SMILES string of the molecule is CCSc1cccc(Oc2ccc(F)cc2N)c1C#N. The van der Waals surface area contributed by atoms with Gasteiger partial charge in [0, 0.05) is 11.0 Å². The second-order valence-electron chi connectivity index (χ2n) is 3.96. The van der Waals surface area contributed by atoms with E-state index in [0.717, 1.165) is 10.6 Å². The molecule has 20 heavy (non-hydrogen) atoms. The molecule has 0 radical (unpaired) electrons. The van der Waals surface area contributed by atoms with Crippen LogP contribution in [0.25, 0.3) is 0 Å². The highest BCUT2D eigenvalue weighted by Gasteiger charge is 2.11. The molecule has 3 nitrogen and oxygen atoms in total. The van der Waals surface area contributed by atoms with Crippen LogP contribution in [-0.4, -0.2) is 5.75 Å². The Hall–Kier alpha value is -2.19. The number of thioether (sulfide) groups is 1. The Morgan fingerprint density at radius 2 is 2.10 bits per heavy atom. The van der Waals surface area contributed by atoms with Gasteiger partial charge in [-0.15, -0.1) is 11.8 Å². The zero-order valence-corrected chi connectivity index (χ0v) is 11.7. The first kappa shape index (κ1) is 14.2. The van der Waals surface area contributed by atoms with Gasteiger partial charge in [-0.2, -0.15) is 5.26 Å². The van der Waals surface area contributed by atoms with E-state index in [4.69, 9.17) is 10.5 Å². The molecule has 2 aromatic carbocycles. The molecule has 0 saturated heterocycles. The summed E-state index contributed by atoms with van der Waals surface area (Å²) in [6.07, 6.45) is 0. The molecule has 2 rings (SSSR count). The van der Waals surface area contributed by atoms with E-state index in [9.17, 15) is 9.65 Å². The Kier molecular flexibility index (Phi) is 4.49. The van der Waals surface area contributed by atoms with Crippen molar-refractivity contribution in [2.45, 2.75) is 11.8 Å².